The molecule has 106 valence electrons. The van der Waals surface area contributed by atoms with Crippen LogP contribution in [0.2, 0.25) is 0 Å². The predicted molar refractivity (Wildman–Crippen MR) is 79.4 cm³/mol. The normalized spacial score (nSPS) is 10.7. The molecule has 0 saturated heterocycles. The number of amides is 1. The highest BCUT2D eigenvalue weighted by molar-refractivity contribution is 5.93. The average Bonchev–Trinajstić information content (AvgIpc) is 2.38. The zero-order valence-corrected chi connectivity index (χ0v) is 11.3. The van der Waals surface area contributed by atoms with Crippen LogP contribution in [0, 0.1) is 6.92 Å². The molecule has 0 fully saturated rings. The van der Waals surface area contributed by atoms with E-state index in [1.54, 1.807) is 0 Å². The zero-order valence-electron chi connectivity index (χ0n) is 11.3. The van der Waals surface area contributed by atoms with Crippen LogP contribution in [0.1, 0.15) is 5.69 Å². The molecule has 0 aliphatic carbocycles. The first-order chi connectivity index (χ1) is 9.56. The van der Waals surface area contributed by atoms with Gasteiger partial charge in [0.1, 0.15) is 6.61 Å². The van der Waals surface area contributed by atoms with Crippen LogP contribution in [0.15, 0.2) is 24.3 Å². The molecule has 0 aliphatic heterocycles. The number of benzene rings is 1. The summed E-state index contributed by atoms with van der Waals surface area (Å²) in [5.74, 6) is -0.469. The van der Waals surface area contributed by atoms with Crippen molar-refractivity contribution in [3.8, 4) is 0 Å². The lowest BCUT2D eigenvalue weighted by Crippen LogP contribution is -2.20. The van der Waals surface area contributed by atoms with E-state index in [1.165, 1.54) is 0 Å². The lowest BCUT2D eigenvalue weighted by Gasteiger charge is -2.11. The Bertz CT molecular complexity index is 628. The van der Waals surface area contributed by atoms with Crippen LogP contribution < -0.4 is 16.8 Å². The van der Waals surface area contributed by atoms with E-state index >= 15 is 0 Å². The quantitative estimate of drug-likeness (QED) is 0.539. The molecule has 20 heavy (non-hydrogen) atoms. The maximum atomic E-state index is 10.5. The van der Waals surface area contributed by atoms with Gasteiger partial charge in [-0.25, -0.2) is 0 Å². The van der Waals surface area contributed by atoms with E-state index < -0.39 is 5.91 Å². The minimum atomic E-state index is -0.469. The standard InChI is InChI=1S/C14H18N4O2/c1-9-6-13(17-4-5-20-8-14(16)19)11-7-10(15)2-3-12(11)18-9/h2-3,6-7H,4-5,8,15H2,1H3,(H2,16,19)(H,17,18). The number of primary amides is 1. The van der Waals surface area contributed by atoms with Crippen molar-refractivity contribution in [2.24, 2.45) is 5.73 Å². The topological polar surface area (TPSA) is 103 Å². The Kier molecular flexibility index (Phi) is 4.37. The largest absolute Gasteiger partial charge is 0.399 e. The van der Waals surface area contributed by atoms with E-state index in [1.807, 2.05) is 31.2 Å². The van der Waals surface area contributed by atoms with Crippen molar-refractivity contribution >= 4 is 28.2 Å². The summed E-state index contributed by atoms with van der Waals surface area (Å²) in [5.41, 5.74) is 14.2. The van der Waals surface area contributed by atoms with Crippen molar-refractivity contribution in [3.63, 3.8) is 0 Å². The van der Waals surface area contributed by atoms with E-state index in [4.69, 9.17) is 16.2 Å². The van der Waals surface area contributed by atoms with Crippen LogP contribution in [0.3, 0.4) is 0 Å². The van der Waals surface area contributed by atoms with Crippen molar-refractivity contribution in [1.29, 1.82) is 0 Å². The first-order valence-electron chi connectivity index (χ1n) is 6.33. The SMILES string of the molecule is Cc1cc(NCCOCC(N)=O)c2cc(N)ccc2n1. The highest BCUT2D eigenvalue weighted by Crippen LogP contribution is 2.25. The van der Waals surface area contributed by atoms with Crippen molar-refractivity contribution in [2.45, 2.75) is 6.92 Å². The van der Waals surface area contributed by atoms with Crippen molar-refractivity contribution in [3.05, 3.63) is 30.0 Å². The molecule has 1 aromatic carbocycles. The number of carbonyl (C=O) groups is 1. The summed E-state index contributed by atoms with van der Waals surface area (Å²) in [5, 5.41) is 4.22. The lowest BCUT2D eigenvalue weighted by atomic mass is 10.1. The van der Waals surface area contributed by atoms with Gasteiger partial charge in [0.15, 0.2) is 0 Å². The summed E-state index contributed by atoms with van der Waals surface area (Å²) in [7, 11) is 0. The predicted octanol–water partition coefficient (Wildman–Crippen LogP) is 1.04. The molecule has 2 rings (SSSR count). The number of aromatic nitrogens is 1. The summed E-state index contributed by atoms with van der Waals surface area (Å²) < 4.78 is 5.11. The molecule has 0 spiro atoms. The van der Waals surface area contributed by atoms with Gasteiger partial charge in [-0.05, 0) is 31.2 Å². The van der Waals surface area contributed by atoms with Gasteiger partial charge in [-0.2, -0.15) is 0 Å². The number of nitrogens with zero attached hydrogens (tertiary/aromatic N) is 1. The molecule has 0 unspecified atom stereocenters. The van der Waals surface area contributed by atoms with Crippen molar-refractivity contribution in [2.75, 3.05) is 30.8 Å². The van der Waals surface area contributed by atoms with Crippen LogP contribution in [0.5, 0.6) is 0 Å². The Balaban J connectivity index is 2.08. The molecular formula is C14H18N4O2. The Morgan fingerprint density at radius 3 is 2.95 bits per heavy atom. The average molecular weight is 274 g/mol. The molecule has 0 bridgehead atoms. The van der Waals surface area contributed by atoms with E-state index in [9.17, 15) is 4.79 Å². The smallest absolute Gasteiger partial charge is 0.243 e. The fourth-order valence-electron chi connectivity index (χ4n) is 1.95. The fourth-order valence-corrected chi connectivity index (χ4v) is 1.95. The number of carbonyl (C=O) groups excluding carboxylic acids is 1. The molecule has 6 heteroatoms. The minimum Gasteiger partial charge on any atom is -0.399 e. The highest BCUT2D eigenvalue weighted by atomic mass is 16.5. The number of nitrogens with one attached hydrogen (secondary N) is 1. The minimum absolute atomic E-state index is 0.0647. The molecule has 0 aliphatic rings. The first-order valence-corrected chi connectivity index (χ1v) is 6.33. The van der Waals surface area contributed by atoms with Crippen LogP contribution in [0.25, 0.3) is 10.9 Å². The van der Waals surface area contributed by atoms with Gasteiger partial charge >= 0.3 is 0 Å². The number of ether oxygens (including phenoxy) is 1. The summed E-state index contributed by atoms with van der Waals surface area (Å²) >= 11 is 0. The van der Waals surface area contributed by atoms with Crippen molar-refractivity contribution in [1.82, 2.24) is 4.98 Å². The number of aryl methyl sites for hydroxylation is 1. The summed E-state index contributed by atoms with van der Waals surface area (Å²) in [6, 6.07) is 7.56. The Hall–Kier alpha value is -2.34. The van der Waals surface area contributed by atoms with Gasteiger partial charge in [0.2, 0.25) is 5.91 Å². The van der Waals surface area contributed by atoms with Gasteiger partial charge in [0.05, 0.1) is 12.1 Å². The third kappa shape index (κ3) is 3.58. The molecule has 0 saturated carbocycles. The number of fused-ring (bicyclic) bond motifs is 1. The summed E-state index contributed by atoms with van der Waals surface area (Å²) in [6.07, 6.45) is 0. The third-order valence-corrected chi connectivity index (χ3v) is 2.77. The second-order valence-corrected chi connectivity index (χ2v) is 4.53. The van der Waals surface area contributed by atoms with Gasteiger partial charge in [0.25, 0.3) is 0 Å². The molecule has 0 radical (unpaired) electrons. The van der Waals surface area contributed by atoms with Gasteiger partial charge in [-0.3, -0.25) is 9.78 Å². The second-order valence-electron chi connectivity index (χ2n) is 4.53. The van der Waals surface area contributed by atoms with E-state index in [-0.39, 0.29) is 6.61 Å². The summed E-state index contributed by atoms with van der Waals surface area (Å²) in [4.78, 5) is 15.0. The number of hydrogen-bond donors (Lipinski definition) is 3. The van der Waals surface area contributed by atoms with E-state index in [0.29, 0.717) is 18.8 Å². The number of pyridine rings is 1. The molecule has 6 nitrogen and oxygen atoms in total. The monoisotopic (exact) mass is 274 g/mol. The Morgan fingerprint density at radius 1 is 1.40 bits per heavy atom. The van der Waals surface area contributed by atoms with Gasteiger partial charge in [-0.1, -0.05) is 0 Å². The molecule has 2 aromatic rings. The van der Waals surface area contributed by atoms with Crippen molar-refractivity contribution < 1.29 is 9.53 Å². The van der Waals surface area contributed by atoms with Crippen LogP contribution in [0.4, 0.5) is 11.4 Å². The number of anilines is 2. The number of nitrogens with two attached hydrogens (primary N) is 2. The van der Waals surface area contributed by atoms with Gasteiger partial charge in [-0.15, -0.1) is 0 Å². The number of hydrogen-bond acceptors (Lipinski definition) is 5. The Labute approximate surface area is 117 Å². The van der Waals surface area contributed by atoms with E-state index in [2.05, 4.69) is 10.3 Å². The molecule has 1 aromatic heterocycles. The molecule has 1 heterocycles. The number of rotatable bonds is 6. The lowest BCUT2D eigenvalue weighted by molar-refractivity contribution is -0.122. The van der Waals surface area contributed by atoms with Crippen LogP contribution in [-0.2, 0) is 9.53 Å². The molecular weight excluding hydrogens is 256 g/mol. The molecule has 1 amide bonds. The third-order valence-electron chi connectivity index (χ3n) is 2.77. The second kappa shape index (κ2) is 6.21. The van der Waals surface area contributed by atoms with Crippen LogP contribution in [-0.4, -0.2) is 30.6 Å². The fraction of sp³-hybridized carbons (Fsp3) is 0.286. The van der Waals surface area contributed by atoms with Gasteiger partial charge in [0, 0.05) is 29.0 Å². The maximum Gasteiger partial charge on any atom is 0.243 e. The van der Waals surface area contributed by atoms with E-state index in [0.717, 1.165) is 22.3 Å². The van der Waals surface area contributed by atoms with Crippen LogP contribution >= 0.6 is 0 Å². The first kappa shape index (κ1) is 14.1. The number of nitrogen functional groups attached to an aromatic ring is 1. The van der Waals surface area contributed by atoms with Gasteiger partial charge < -0.3 is 21.5 Å². The molecule has 5 N–H and O–H groups in total. The maximum absolute atomic E-state index is 10.5. The zero-order chi connectivity index (χ0) is 14.5. The Morgan fingerprint density at radius 2 is 2.20 bits per heavy atom. The molecule has 0 atom stereocenters. The highest BCUT2D eigenvalue weighted by Gasteiger charge is 2.04. The summed E-state index contributed by atoms with van der Waals surface area (Å²) in [6.45, 7) is 2.84.